The third-order valence-electron chi connectivity index (χ3n) is 3.22. The quantitative estimate of drug-likeness (QED) is 0.890. The van der Waals surface area contributed by atoms with Crippen molar-refractivity contribution in [2.75, 3.05) is 0 Å². The molecular weight excluding hydrogens is 285 g/mol. The number of carbonyl (C=O) groups excluding carboxylic acids is 1. The van der Waals surface area contributed by atoms with Crippen LogP contribution < -0.4 is 5.32 Å². The van der Waals surface area contributed by atoms with Crippen molar-refractivity contribution in [1.82, 2.24) is 5.32 Å². The summed E-state index contributed by atoms with van der Waals surface area (Å²) < 4.78 is 14.1. The Morgan fingerprint density at radius 2 is 2.24 bits per heavy atom. The second kappa shape index (κ2) is 5.17. The summed E-state index contributed by atoms with van der Waals surface area (Å²) in [5.74, 6) is -0.165. The molecule has 0 heterocycles. The number of benzene rings is 1. The zero-order chi connectivity index (χ0) is 12.4. The van der Waals surface area contributed by atoms with E-state index >= 15 is 0 Å². The van der Waals surface area contributed by atoms with Gasteiger partial charge in [0, 0.05) is 10.5 Å². The maximum Gasteiger partial charge on any atom is 0.255 e. The Bertz CT molecular complexity index is 415. The molecule has 17 heavy (non-hydrogen) atoms. The molecule has 1 aliphatic carbocycles. The van der Waals surface area contributed by atoms with Gasteiger partial charge in [0.25, 0.3) is 5.91 Å². The lowest BCUT2D eigenvalue weighted by Crippen LogP contribution is -2.33. The molecule has 0 aromatic heterocycles. The van der Waals surface area contributed by atoms with Crippen LogP contribution in [0.15, 0.2) is 22.7 Å². The second-order valence-electron chi connectivity index (χ2n) is 4.69. The van der Waals surface area contributed by atoms with Gasteiger partial charge in [-0.3, -0.25) is 4.79 Å². The summed E-state index contributed by atoms with van der Waals surface area (Å²) in [6, 6.07) is 4.74. The van der Waals surface area contributed by atoms with E-state index in [9.17, 15) is 9.18 Å². The van der Waals surface area contributed by atoms with Gasteiger partial charge in [0.1, 0.15) is 5.82 Å². The van der Waals surface area contributed by atoms with Crippen LogP contribution in [0.1, 0.15) is 36.5 Å². The fourth-order valence-electron chi connectivity index (χ4n) is 2.31. The molecular formula is C13H15BrFNO. The molecule has 0 spiro atoms. The number of hydrogen-bond donors (Lipinski definition) is 1. The van der Waals surface area contributed by atoms with Crippen molar-refractivity contribution in [3.05, 3.63) is 34.1 Å². The SMILES string of the molecule is CC1CCC(NC(=O)c2c(F)cccc2Br)C1. The molecule has 0 bridgehead atoms. The van der Waals surface area contributed by atoms with Crippen molar-refractivity contribution in [2.45, 2.75) is 32.2 Å². The standard InChI is InChI=1S/C13H15BrFNO/c1-8-5-6-9(7-8)16-13(17)12-10(14)3-2-4-11(12)15/h2-4,8-9H,5-7H2,1H3,(H,16,17). The molecule has 2 rings (SSSR count). The van der Waals surface area contributed by atoms with E-state index in [1.807, 2.05) is 0 Å². The van der Waals surface area contributed by atoms with E-state index in [4.69, 9.17) is 0 Å². The maximum absolute atomic E-state index is 13.6. The number of hydrogen-bond acceptors (Lipinski definition) is 1. The Morgan fingerprint density at radius 3 is 2.82 bits per heavy atom. The summed E-state index contributed by atoms with van der Waals surface area (Å²) in [6.45, 7) is 2.17. The molecule has 0 aliphatic heterocycles. The normalized spacial score (nSPS) is 23.7. The molecule has 0 radical (unpaired) electrons. The molecule has 2 unspecified atom stereocenters. The van der Waals surface area contributed by atoms with Crippen molar-refractivity contribution in [2.24, 2.45) is 5.92 Å². The monoisotopic (exact) mass is 299 g/mol. The third-order valence-corrected chi connectivity index (χ3v) is 3.88. The lowest BCUT2D eigenvalue weighted by Gasteiger charge is -2.13. The van der Waals surface area contributed by atoms with E-state index < -0.39 is 5.82 Å². The molecule has 1 amide bonds. The molecule has 0 saturated heterocycles. The first-order chi connectivity index (χ1) is 8.08. The van der Waals surface area contributed by atoms with Crippen LogP contribution in [0.5, 0.6) is 0 Å². The number of rotatable bonds is 2. The summed E-state index contributed by atoms with van der Waals surface area (Å²) >= 11 is 3.21. The van der Waals surface area contributed by atoms with E-state index in [1.165, 1.54) is 6.07 Å². The largest absolute Gasteiger partial charge is 0.349 e. The smallest absolute Gasteiger partial charge is 0.255 e. The van der Waals surface area contributed by atoms with Gasteiger partial charge in [0.2, 0.25) is 0 Å². The fraction of sp³-hybridized carbons (Fsp3) is 0.462. The number of carbonyl (C=O) groups is 1. The number of halogens is 2. The van der Waals surface area contributed by atoms with Crippen molar-refractivity contribution < 1.29 is 9.18 Å². The van der Waals surface area contributed by atoms with Crippen LogP contribution in [0.25, 0.3) is 0 Å². The highest BCUT2D eigenvalue weighted by Gasteiger charge is 2.24. The Labute approximate surface area is 109 Å². The van der Waals surface area contributed by atoms with E-state index in [0.29, 0.717) is 10.4 Å². The second-order valence-corrected chi connectivity index (χ2v) is 5.54. The Hall–Kier alpha value is -0.900. The van der Waals surface area contributed by atoms with Crippen molar-refractivity contribution in [3.8, 4) is 0 Å². The van der Waals surface area contributed by atoms with Crippen LogP contribution >= 0.6 is 15.9 Å². The average molecular weight is 300 g/mol. The molecule has 1 fully saturated rings. The number of nitrogens with one attached hydrogen (secondary N) is 1. The van der Waals surface area contributed by atoms with Crippen molar-refractivity contribution in [1.29, 1.82) is 0 Å². The van der Waals surface area contributed by atoms with Gasteiger partial charge in [-0.1, -0.05) is 13.0 Å². The van der Waals surface area contributed by atoms with Crippen LogP contribution in [-0.2, 0) is 0 Å². The zero-order valence-corrected chi connectivity index (χ0v) is 11.3. The molecule has 92 valence electrons. The van der Waals surface area contributed by atoms with Crippen LogP contribution in [-0.4, -0.2) is 11.9 Å². The van der Waals surface area contributed by atoms with Crippen molar-refractivity contribution in [3.63, 3.8) is 0 Å². The Morgan fingerprint density at radius 1 is 1.47 bits per heavy atom. The van der Waals surface area contributed by atoms with Crippen molar-refractivity contribution >= 4 is 21.8 Å². The van der Waals surface area contributed by atoms with Gasteiger partial charge < -0.3 is 5.32 Å². The zero-order valence-electron chi connectivity index (χ0n) is 9.67. The predicted octanol–water partition coefficient (Wildman–Crippen LogP) is 3.51. The van der Waals surface area contributed by atoms with Crippen LogP contribution in [0.2, 0.25) is 0 Å². The first-order valence-corrected chi connectivity index (χ1v) is 6.62. The van der Waals surface area contributed by atoms with Crippen LogP contribution in [0.3, 0.4) is 0 Å². The highest BCUT2D eigenvalue weighted by atomic mass is 79.9. The fourth-order valence-corrected chi connectivity index (χ4v) is 2.83. The molecule has 4 heteroatoms. The van der Waals surface area contributed by atoms with Crippen LogP contribution in [0, 0.1) is 11.7 Å². The molecule has 2 atom stereocenters. The van der Waals surface area contributed by atoms with Gasteiger partial charge in [-0.25, -0.2) is 4.39 Å². The van der Waals surface area contributed by atoms with Gasteiger partial charge in [-0.2, -0.15) is 0 Å². The molecule has 1 N–H and O–H groups in total. The topological polar surface area (TPSA) is 29.1 Å². The van der Waals surface area contributed by atoms with Crippen LogP contribution in [0.4, 0.5) is 4.39 Å². The van der Waals surface area contributed by atoms with E-state index in [1.54, 1.807) is 12.1 Å². The van der Waals surface area contributed by atoms with Gasteiger partial charge in [-0.15, -0.1) is 0 Å². The van der Waals surface area contributed by atoms with E-state index in [2.05, 4.69) is 28.2 Å². The van der Waals surface area contributed by atoms with Gasteiger partial charge in [0.05, 0.1) is 5.56 Å². The molecule has 2 nitrogen and oxygen atoms in total. The summed E-state index contributed by atoms with van der Waals surface area (Å²) in [4.78, 5) is 12.0. The highest BCUT2D eigenvalue weighted by molar-refractivity contribution is 9.10. The Kier molecular flexibility index (Phi) is 3.82. The minimum absolute atomic E-state index is 0.104. The maximum atomic E-state index is 13.6. The third kappa shape index (κ3) is 2.86. The lowest BCUT2D eigenvalue weighted by atomic mass is 10.1. The van der Waals surface area contributed by atoms with Gasteiger partial charge in [-0.05, 0) is 53.2 Å². The van der Waals surface area contributed by atoms with E-state index in [0.717, 1.165) is 19.3 Å². The summed E-state index contributed by atoms with van der Waals surface area (Å²) in [6.07, 6.45) is 3.10. The number of amides is 1. The highest BCUT2D eigenvalue weighted by Crippen LogP contribution is 2.26. The molecule has 1 saturated carbocycles. The minimum Gasteiger partial charge on any atom is -0.349 e. The summed E-state index contributed by atoms with van der Waals surface area (Å²) in [5, 5.41) is 2.90. The predicted molar refractivity (Wildman–Crippen MR) is 68.4 cm³/mol. The molecule has 1 aliphatic rings. The van der Waals surface area contributed by atoms with Gasteiger partial charge >= 0.3 is 0 Å². The lowest BCUT2D eigenvalue weighted by molar-refractivity contribution is 0.0932. The molecule has 1 aromatic carbocycles. The summed E-state index contributed by atoms with van der Waals surface area (Å²) in [5.41, 5.74) is 0.104. The minimum atomic E-state index is -0.483. The average Bonchev–Trinajstić information content (AvgIpc) is 2.63. The molecule has 1 aromatic rings. The Balaban J connectivity index is 2.10. The first kappa shape index (κ1) is 12.6. The van der Waals surface area contributed by atoms with Gasteiger partial charge in [0.15, 0.2) is 0 Å². The summed E-state index contributed by atoms with van der Waals surface area (Å²) in [7, 11) is 0. The first-order valence-electron chi connectivity index (χ1n) is 5.83. The van der Waals surface area contributed by atoms with E-state index in [-0.39, 0.29) is 17.5 Å².